The molecule has 1 heterocycles. The fourth-order valence-electron chi connectivity index (χ4n) is 2.79. The number of ketones is 1. The van der Waals surface area contributed by atoms with Crippen molar-refractivity contribution in [3.05, 3.63) is 35.4 Å². The van der Waals surface area contributed by atoms with E-state index in [0.29, 0.717) is 18.0 Å². The molecule has 120 valence electrons. The third-order valence-corrected chi connectivity index (χ3v) is 4.23. The van der Waals surface area contributed by atoms with Gasteiger partial charge >= 0.3 is 0 Å². The van der Waals surface area contributed by atoms with Gasteiger partial charge in [0.1, 0.15) is 0 Å². The van der Waals surface area contributed by atoms with Gasteiger partial charge in [-0.1, -0.05) is 29.8 Å². The maximum absolute atomic E-state index is 12.0. The van der Waals surface area contributed by atoms with E-state index in [1.54, 1.807) is 0 Å². The molecule has 22 heavy (non-hydrogen) atoms. The summed E-state index contributed by atoms with van der Waals surface area (Å²) in [6, 6.07) is 7.49. The number of piperidine rings is 1. The highest BCUT2D eigenvalue weighted by atomic mass is 16.2. The van der Waals surface area contributed by atoms with Crippen LogP contribution in [0.15, 0.2) is 24.3 Å². The van der Waals surface area contributed by atoms with E-state index in [9.17, 15) is 9.59 Å². The summed E-state index contributed by atoms with van der Waals surface area (Å²) in [5.41, 5.74) is 1.82. The van der Waals surface area contributed by atoms with Crippen molar-refractivity contribution in [2.75, 3.05) is 19.6 Å². The van der Waals surface area contributed by atoms with E-state index in [2.05, 4.69) is 10.6 Å². The maximum atomic E-state index is 12.0. The average molecular weight is 302 g/mol. The van der Waals surface area contributed by atoms with Crippen LogP contribution in [0.3, 0.4) is 0 Å². The molecule has 1 aliphatic rings. The summed E-state index contributed by atoms with van der Waals surface area (Å²) < 4.78 is 0. The van der Waals surface area contributed by atoms with Crippen molar-refractivity contribution in [1.82, 2.24) is 10.6 Å². The standard InChI is InChI=1S/C18H26N2O2/c1-14-4-6-16(7-5-14)17(21)8-9-18(22)20-12-10-15-3-2-11-19-13-15/h4-7,15,19H,2-3,8-13H2,1H3,(H,20,22). The van der Waals surface area contributed by atoms with Gasteiger partial charge in [0.2, 0.25) is 5.91 Å². The molecule has 1 amide bonds. The van der Waals surface area contributed by atoms with E-state index in [4.69, 9.17) is 0 Å². The predicted octanol–water partition coefficient (Wildman–Crippen LogP) is 2.46. The number of nitrogens with one attached hydrogen (secondary N) is 2. The third-order valence-electron chi connectivity index (χ3n) is 4.23. The Morgan fingerprint density at radius 2 is 2.00 bits per heavy atom. The van der Waals surface area contributed by atoms with E-state index in [1.165, 1.54) is 12.8 Å². The highest BCUT2D eigenvalue weighted by Gasteiger charge is 2.13. The summed E-state index contributed by atoms with van der Waals surface area (Å²) in [4.78, 5) is 23.8. The van der Waals surface area contributed by atoms with Crippen molar-refractivity contribution in [3.63, 3.8) is 0 Å². The summed E-state index contributed by atoms with van der Waals surface area (Å²) in [6.45, 7) is 4.87. The number of amides is 1. The lowest BCUT2D eigenvalue weighted by atomic mass is 9.96. The smallest absolute Gasteiger partial charge is 0.220 e. The number of rotatable bonds is 7. The van der Waals surface area contributed by atoms with Gasteiger partial charge < -0.3 is 10.6 Å². The van der Waals surface area contributed by atoms with Crippen LogP contribution >= 0.6 is 0 Å². The Kier molecular flexibility index (Phi) is 6.59. The molecule has 0 bridgehead atoms. The van der Waals surface area contributed by atoms with Crippen molar-refractivity contribution >= 4 is 11.7 Å². The molecule has 1 aliphatic heterocycles. The molecule has 2 rings (SSSR count). The zero-order valence-corrected chi connectivity index (χ0v) is 13.4. The van der Waals surface area contributed by atoms with Crippen LogP contribution in [0.25, 0.3) is 0 Å². The first-order valence-corrected chi connectivity index (χ1v) is 8.22. The summed E-state index contributed by atoms with van der Waals surface area (Å²) in [6.07, 6.45) is 4.04. The topological polar surface area (TPSA) is 58.2 Å². The van der Waals surface area contributed by atoms with Crippen LogP contribution in [0.1, 0.15) is 48.0 Å². The molecule has 4 heteroatoms. The molecule has 1 fully saturated rings. The lowest BCUT2D eigenvalue weighted by Gasteiger charge is -2.22. The van der Waals surface area contributed by atoms with Crippen LogP contribution in [-0.4, -0.2) is 31.3 Å². The molecule has 0 radical (unpaired) electrons. The largest absolute Gasteiger partial charge is 0.356 e. The lowest BCUT2D eigenvalue weighted by molar-refractivity contribution is -0.121. The first-order valence-electron chi connectivity index (χ1n) is 8.22. The first-order chi connectivity index (χ1) is 10.6. The van der Waals surface area contributed by atoms with Gasteiger partial charge in [0.25, 0.3) is 0 Å². The fraction of sp³-hybridized carbons (Fsp3) is 0.556. The van der Waals surface area contributed by atoms with Crippen LogP contribution < -0.4 is 10.6 Å². The minimum atomic E-state index is -0.0239. The van der Waals surface area contributed by atoms with Gasteiger partial charge in [-0.25, -0.2) is 0 Å². The SMILES string of the molecule is Cc1ccc(C(=O)CCC(=O)NCCC2CCCNC2)cc1. The van der Waals surface area contributed by atoms with Gasteiger partial charge in [0, 0.05) is 24.9 Å². The van der Waals surface area contributed by atoms with E-state index in [1.807, 2.05) is 31.2 Å². The van der Waals surface area contributed by atoms with Gasteiger partial charge in [0.15, 0.2) is 5.78 Å². The normalized spacial score (nSPS) is 18.0. The van der Waals surface area contributed by atoms with E-state index < -0.39 is 0 Å². The number of carbonyl (C=O) groups excluding carboxylic acids is 2. The van der Waals surface area contributed by atoms with E-state index in [0.717, 1.165) is 25.1 Å². The fourth-order valence-corrected chi connectivity index (χ4v) is 2.79. The maximum Gasteiger partial charge on any atom is 0.220 e. The second kappa shape index (κ2) is 8.69. The number of hydrogen-bond acceptors (Lipinski definition) is 3. The van der Waals surface area contributed by atoms with Crippen LogP contribution in [0.2, 0.25) is 0 Å². The zero-order valence-electron chi connectivity index (χ0n) is 13.4. The predicted molar refractivity (Wildman–Crippen MR) is 88.0 cm³/mol. The number of benzene rings is 1. The zero-order chi connectivity index (χ0) is 15.8. The van der Waals surface area contributed by atoms with E-state index >= 15 is 0 Å². The summed E-state index contributed by atoms with van der Waals surface area (Å²) >= 11 is 0. The van der Waals surface area contributed by atoms with Crippen molar-refractivity contribution < 1.29 is 9.59 Å². The first kappa shape index (κ1) is 16.7. The molecular formula is C18H26N2O2. The third kappa shape index (κ3) is 5.60. The molecule has 1 saturated heterocycles. The van der Waals surface area contributed by atoms with Gasteiger partial charge in [-0.15, -0.1) is 0 Å². The van der Waals surface area contributed by atoms with Crippen LogP contribution in [0.4, 0.5) is 0 Å². The molecule has 2 N–H and O–H groups in total. The average Bonchev–Trinajstić information content (AvgIpc) is 2.54. The van der Waals surface area contributed by atoms with Crippen molar-refractivity contribution in [3.8, 4) is 0 Å². The highest BCUT2D eigenvalue weighted by molar-refractivity contribution is 5.97. The Bertz CT molecular complexity index is 490. The number of hydrogen-bond donors (Lipinski definition) is 2. The Balaban J connectivity index is 1.62. The molecule has 0 saturated carbocycles. The molecule has 1 atom stereocenters. The minimum absolute atomic E-state index is 0.0239. The molecule has 4 nitrogen and oxygen atoms in total. The van der Waals surface area contributed by atoms with Crippen LogP contribution in [-0.2, 0) is 4.79 Å². The summed E-state index contributed by atoms with van der Waals surface area (Å²) in [7, 11) is 0. The van der Waals surface area contributed by atoms with Gasteiger partial charge in [0.05, 0.1) is 0 Å². The van der Waals surface area contributed by atoms with E-state index in [-0.39, 0.29) is 24.5 Å². The van der Waals surface area contributed by atoms with Gasteiger partial charge in [-0.2, -0.15) is 0 Å². The Labute approximate surface area is 132 Å². The number of Topliss-reactive ketones (excluding diaryl/α,β-unsaturated/α-hetero) is 1. The van der Waals surface area contributed by atoms with Gasteiger partial charge in [-0.3, -0.25) is 9.59 Å². The second-order valence-electron chi connectivity index (χ2n) is 6.14. The van der Waals surface area contributed by atoms with Crippen LogP contribution in [0.5, 0.6) is 0 Å². The monoisotopic (exact) mass is 302 g/mol. The second-order valence-corrected chi connectivity index (χ2v) is 6.14. The molecule has 0 spiro atoms. The molecule has 0 aromatic heterocycles. The van der Waals surface area contributed by atoms with Crippen molar-refractivity contribution in [1.29, 1.82) is 0 Å². The molecule has 1 aromatic carbocycles. The Hall–Kier alpha value is -1.68. The number of carbonyl (C=O) groups is 2. The Morgan fingerprint density at radius 1 is 1.23 bits per heavy atom. The number of aryl methyl sites for hydroxylation is 1. The molecular weight excluding hydrogens is 276 g/mol. The molecule has 1 aromatic rings. The quantitative estimate of drug-likeness (QED) is 0.761. The van der Waals surface area contributed by atoms with Crippen LogP contribution in [0, 0.1) is 12.8 Å². The van der Waals surface area contributed by atoms with Crippen molar-refractivity contribution in [2.45, 2.75) is 39.0 Å². The summed E-state index contributed by atoms with van der Waals surface area (Å²) in [5, 5.41) is 6.30. The Morgan fingerprint density at radius 3 is 2.68 bits per heavy atom. The molecule has 0 aliphatic carbocycles. The summed E-state index contributed by atoms with van der Waals surface area (Å²) in [5.74, 6) is 0.680. The minimum Gasteiger partial charge on any atom is -0.356 e. The lowest BCUT2D eigenvalue weighted by Crippen LogP contribution is -2.33. The molecule has 1 unspecified atom stereocenters. The van der Waals surface area contributed by atoms with Gasteiger partial charge in [-0.05, 0) is 45.2 Å². The van der Waals surface area contributed by atoms with Crippen molar-refractivity contribution in [2.24, 2.45) is 5.92 Å². The highest BCUT2D eigenvalue weighted by Crippen LogP contribution is 2.13.